The molecule has 0 radical (unpaired) electrons. The van der Waals surface area contributed by atoms with Crippen LogP contribution in [0.2, 0.25) is 0 Å². The molecule has 1 aromatic heterocycles. The van der Waals surface area contributed by atoms with Crippen LogP contribution in [0.5, 0.6) is 11.5 Å². The highest BCUT2D eigenvalue weighted by Crippen LogP contribution is 2.42. The van der Waals surface area contributed by atoms with Crippen molar-refractivity contribution in [2.75, 3.05) is 24.7 Å². The SMILES string of the molecule is CCOc1ccc(N(CCC#N)C(=O)COC(=O)c2cc3c(s2)-c2ccccc2OC3)cc1. The molecule has 3 aromatic rings. The number of thiophene rings is 1. The van der Waals surface area contributed by atoms with E-state index in [4.69, 9.17) is 19.5 Å². The first kappa shape index (κ1) is 22.4. The second kappa shape index (κ2) is 10.2. The summed E-state index contributed by atoms with van der Waals surface area (Å²) in [5.74, 6) is 0.503. The third-order valence-corrected chi connectivity index (χ3v) is 6.25. The monoisotopic (exact) mass is 462 g/mol. The summed E-state index contributed by atoms with van der Waals surface area (Å²) >= 11 is 1.33. The van der Waals surface area contributed by atoms with Gasteiger partial charge in [0.1, 0.15) is 23.0 Å². The number of para-hydroxylation sites is 1. The number of esters is 1. The molecule has 1 aliphatic rings. The van der Waals surface area contributed by atoms with Crippen LogP contribution < -0.4 is 14.4 Å². The van der Waals surface area contributed by atoms with E-state index in [0.717, 1.165) is 21.8 Å². The van der Waals surface area contributed by atoms with Crippen molar-refractivity contribution in [3.05, 3.63) is 65.0 Å². The zero-order valence-corrected chi connectivity index (χ0v) is 18.9. The lowest BCUT2D eigenvalue weighted by atomic mass is 10.1. The molecule has 0 saturated heterocycles. The van der Waals surface area contributed by atoms with Crippen molar-refractivity contribution in [2.45, 2.75) is 20.0 Å². The Morgan fingerprint density at radius 2 is 1.97 bits per heavy atom. The van der Waals surface area contributed by atoms with Crippen LogP contribution in [0.1, 0.15) is 28.6 Å². The van der Waals surface area contributed by atoms with Gasteiger partial charge in [0, 0.05) is 28.2 Å². The molecule has 0 aliphatic carbocycles. The quantitative estimate of drug-likeness (QED) is 0.447. The molecule has 0 bridgehead atoms. The van der Waals surface area contributed by atoms with Crippen molar-refractivity contribution in [2.24, 2.45) is 0 Å². The molecule has 1 aliphatic heterocycles. The Balaban J connectivity index is 1.44. The van der Waals surface area contributed by atoms with Crippen molar-refractivity contribution < 1.29 is 23.8 Å². The first-order valence-electron chi connectivity index (χ1n) is 10.5. The summed E-state index contributed by atoms with van der Waals surface area (Å²) in [6, 6.07) is 18.5. The van der Waals surface area contributed by atoms with Crippen molar-refractivity contribution in [1.82, 2.24) is 0 Å². The summed E-state index contributed by atoms with van der Waals surface area (Å²) in [7, 11) is 0. The highest BCUT2D eigenvalue weighted by atomic mass is 32.1. The van der Waals surface area contributed by atoms with Crippen LogP contribution in [0.3, 0.4) is 0 Å². The fourth-order valence-electron chi connectivity index (χ4n) is 3.53. The standard InChI is InChI=1S/C25H22N2O5S/c1-2-30-19-10-8-18(9-11-19)27(13-5-12-26)23(28)16-32-25(29)22-14-17-15-31-21-7-4-3-6-20(21)24(17)33-22/h3-4,6-11,14H,2,5,13,15-16H2,1H3. The normalized spacial score (nSPS) is 11.4. The maximum absolute atomic E-state index is 12.8. The number of hydrogen-bond acceptors (Lipinski definition) is 7. The Kier molecular flexibility index (Phi) is 6.91. The molecule has 2 heterocycles. The molecule has 7 nitrogen and oxygen atoms in total. The summed E-state index contributed by atoms with van der Waals surface area (Å²) in [6.07, 6.45) is 0.157. The van der Waals surface area contributed by atoms with Crippen molar-refractivity contribution in [1.29, 1.82) is 5.26 Å². The van der Waals surface area contributed by atoms with Crippen molar-refractivity contribution >= 4 is 28.9 Å². The topological polar surface area (TPSA) is 88.9 Å². The Morgan fingerprint density at radius 3 is 2.73 bits per heavy atom. The van der Waals surface area contributed by atoms with Gasteiger partial charge in [-0.1, -0.05) is 12.1 Å². The summed E-state index contributed by atoms with van der Waals surface area (Å²) < 4.78 is 16.5. The van der Waals surface area contributed by atoms with E-state index in [1.165, 1.54) is 16.2 Å². The van der Waals surface area contributed by atoms with Crippen LogP contribution in [0.25, 0.3) is 10.4 Å². The Bertz CT molecular complexity index is 1200. The van der Waals surface area contributed by atoms with Crippen LogP contribution >= 0.6 is 11.3 Å². The van der Waals surface area contributed by atoms with Gasteiger partial charge in [0.05, 0.1) is 19.1 Å². The molecule has 0 atom stereocenters. The maximum Gasteiger partial charge on any atom is 0.348 e. The lowest BCUT2D eigenvalue weighted by molar-refractivity contribution is -0.121. The number of carbonyl (C=O) groups excluding carboxylic acids is 2. The number of ether oxygens (including phenoxy) is 3. The zero-order chi connectivity index (χ0) is 23.2. The van der Waals surface area contributed by atoms with E-state index >= 15 is 0 Å². The fraction of sp³-hybridized carbons (Fsp3) is 0.240. The maximum atomic E-state index is 12.8. The third-order valence-electron chi connectivity index (χ3n) is 5.06. The molecule has 0 unspecified atom stereocenters. The predicted molar refractivity (Wildman–Crippen MR) is 125 cm³/mol. The van der Waals surface area contributed by atoms with Gasteiger partial charge in [-0.3, -0.25) is 4.79 Å². The number of amides is 1. The van der Waals surface area contributed by atoms with Gasteiger partial charge in [-0.2, -0.15) is 5.26 Å². The molecule has 33 heavy (non-hydrogen) atoms. The van der Waals surface area contributed by atoms with Gasteiger partial charge in [0.25, 0.3) is 5.91 Å². The predicted octanol–water partition coefficient (Wildman–Crippen LogP) is 4.81. The van der Waals surface area contributed by atoms with Gasteiger partial charge < -0.3 is 19.1 Å². The molecular weight excluding hydrogens is 440 g/mol. The molecule has 0 N–H and O–H groups in total. The van der Waals surface area contributed by atoms with E-state index in [2.05, 4.69) is 0 Å². The van der Waals surface area contributed by atoms with Gasteiger partial charge in [-0.15, -0.1) is 11.3 Å². The summed E-state index contributed by atoms with van der Waals surface area (Å²) in [4.78, 5) is 28.3. The average molecular weight is 463 g/mol. The number of carbonyl (C=O) groups is 2. The van der Waals surface area contributed by atoms with E-state index in [-0.39, 0.29) is 13.0 Å². The van der Waals surface area contributed by atoms with Gasteiger partial charge in [-0.05, 0) is 49.4 Å². The van der Waals surface area contributed by atoms with E-state index in [9.17, 15) is 9.59 Å². The number of rotatable bonds is 8. The minimum absolute atomic E-state index is 0.157. The van der Waals surface area contributed by atoms with Gasteiger partial charge in [-0.25, -0.2) is 4.79 Å². The Morgan fingerprint density at radius 1 is 1.18 bits per heavy atom. The van der Waals surface area contributed by atoms with E-state index in [1.54, 1.807) is 30.3 Å². The molecule has 168 valence electrons. The van der Waals surface area contributed by atoms with Crippen LogP contribution in [-0.2, 0) is 16.1 Å². The molecule has 8 heteroatoms. The minimum Gasteiger partial charge on any atom is -0.494 e. The molecule has 0 saturated carbocycles. The Labute approximate surface area is 195 Å². The van der Waals surface area contributed by atoms with Crippen molar-refractivity contribution in [3.63, 3.8) is 0 Å². The fourth-order valence-corrected chi connectivity index (χ4v) is 4.62. The smallest absolute Gasteiger partial charge is 0.348 e. The molecule has 1 amide bonds. The van der Waals surface area contributed by atoms with Crippen LogP contribution in [-0.4, -0.2) is 31.6 Å². The highest BCUT2D eigenvalue weighted by molar-refractivity contribution is 7.17. The second-order valence-corrected chi connectivity index (χ2v) is 8.26. The number of anilines is 1. The number of benzene rings is 2. The first-order valence-corrected chi connectivity index (χ1v) is 11.3. The first-order chi connectivity index (χ1) is 16.1. The third kappa shape index (κ3) is 4.99. The number of hydrogen-bond donors (Lipinski definition) is 0. The molecular formula is C25H22N2O5S. The summed E-state index contributed by atoms with van der Waals surface area (Å²) in [5.41, 5.74) is 2.47. The number of nitrogens with zero attached hydrogens (tertiary/aromatic N) is 2. The molecule has 0 fully saturated rings. The lowest BCUT2D eigenvalue weighted by Gasteiger charge is -2.22. The zero-order valence-electron chi connectivity index (χ0n) is 18.1. The van der Waals surface area contributed by atoms with Gasteiger partial charge in [0.15, 0.2) is 6.61 Å². The van der Waals surface area contributed by atoms with Gasteiger partial charge in [0.2, 0.25) is 0 Å². The number of fused-ring (bicyclic) bond motifs is 3. The van der Waals surface area contributed by atoms with Crippen LogP contribution in [0.15, 0.2) is 54.6 Å². The molecule has 0 spiro atoms. The largest absolute Gasteiger partial charge is 0.494 e. The Hall–Kier alpha value is -3.83. The molecule has 4 rings (SSSR count). The highest BCUT2D eigenvalue weighted by Gasteiger charge is 2.24. The van der Waals surface area contributed by atoms with Gasteiger partial charge >= 0.3 is 5.97 Å². The lowest BCUT2D eigenvalue weighted by Crippen LogP contribution is -2.35. The van der Waals surface area contributed by atoms with Crippen LogP contribution in [0, 0.1) is 11.3 Å². The van der Waals surface area contributed by atoms with E-state index in [0.29, 0.717) is 29.5 Å². The minimum atomic E-state index is -0.563. The van der Waals surface area contributed by atoms with Crippen molar-refractivity contribution in [3.8, 4) is 28.0 Å². The number of nitriles is 1. The molecule has 2 aromatic carbocycles. The summed E-state index contributed by atoms with van der Waals surface area (Å²) in [6.45, 7) is 2.58. The van der Waals surface area contributed by atoms with E-state index < -0.39 is 18.5 Å². The van der Waals surface area contributed by atoms with Crippen LogP contribution in [0.4, 0.5) is 5.69 Å². The summed E-state index contributed by atoms with van der Waals surface area (Å²) in [5, 5.41) is 8.97. The second-order valence-electron chi connectivity index (χ2n) is 7.21. The van der Waals surface area contributed by atoms with E-state index in [1.807, 2.05) is 37.3 Å². The average Bonchev–Trinajstić information content (AvgIpc) is 3.29.